The van der Waals surface area contributed by atoms with Crippen LogP contribution in [0.4, 0.5) is 0 Å². The van der Waals surface area contributed by atoms with Gasteiger partial charge in [-0.05, 0) is 31.1 Å². The molecule has 3 nitrogen and oxygen atoms in total. The summed E-state index contributed by atoms with van der Waals surface area (Å²) in [5.74, 6) is 0. The van der Waals surface area contributed by atoms with E-state index >= 15 is 0 Å². The van der Waals surface area contributed by atoms with E-state index in [-0.39, 0.29) is 6.61 Å². The molecule has 0 saturated carbocycles. The Labute approximate surface area is 97.1 Å². The number of hydrogen-bond donors (Lipinski definition) is 2. The Morgan fingerprint density at radius 2 is 2.25 bits per heavy atom. The van der Waals surface area contributed by atoms with Crippen molar-refractivity contribution in [3.8, 4) is 0 Å². The highest BCUT2D eigenvalue weighted by atomic mass is 16.3. The molecule has 1 aromatic rings. The van der Waals surface area contributed by atoms with Crippen LogP contribution in [-0.2, 0) is 6.54 Å². The summed E-state index contributed by atoms with van der Waals surface area (Å²) in [6, 6.07) is 9.02. The van der Waals surface area contributed by atoms with Gasteiger partial charge in [-0.1, -0.05) is 24.3 Å². The van der Waals surface area contributed by atoms with Crippen LogP contribution in [0, 0.1) is 0 Å². The van der Waals surface area contributed by atoms with E-state index < -0.39 is 0 Å². The largest absolute Gasteiger partial charge is 0.395 e. The van der Waals surface area contributed by atoms with E-state index in [9.17, 15) is 0 Å². The SMILES string of the molecule is CN(CCO)C1CCNCc2ccccc21. The second-order valence-corrected chi connectivity index (χ2v) is 4.38. The van der Waals surface area contributed by atoms with Gasteiger partial charge >= 0.3 is 0 Å². The normalized spacial score (nSPS) is 20.6. The summed E-state index contributed by atoms with van der Waals surface area (Å²) in [4.78, 5) is 2.24. The molecular formula is C13H20N2O. The smallest absolute Gasteiger partial charge is 0.0558 e. The van der Waals surface area contributed by atoms with Gasteiger partial charge in [-0.2, -0.15) is 0 Å². The molecule has 0 aromatic heterocycles. The van der Waals surface area contributed by atoms with Crippen LogP contribution in [0.25, 0.3) is 0 Å². The third-order valence-electron chi connectivity index (χ3n) is 3.31. The Balaban J connectivity index is 2.25. The zero-order chi connectivity index (χ0) is 11.4. The van der Waals surface area contributed by atoms with Crippen molar-refractivity contribution in [2.24, 2.45) is 0 Å². The van der Waals surface area contributed by atoms with Gasteiger partial charge in [0.2, 0.25) is 0 Å². The Hall–Kier alpha value is -0.900. The summed E-state index contributed by atoms with van der Waals surface area (Å²) in [6.07, 6.45) is 1.10. The average Bonchev–Trinajstić information content (AvgIpc) is 2.51. The first-order valence-corrected chi connectivity index (χ1v) is 5.92. The molecule has 16 heavy (non-hydrogen) atoms. The van der Waals surface area contributed by atoms with Crippen molar-refractivity contribution >= 4 is 0 Å². The first-order valence-electron chi connectivity index (χ1n) is 5.92. The van der Waals surface area contributed by atoms with Crippen LogP contribution < -0.4 is 5.32 Å². The molecule has 3 heteroatoms. The molecule has 1 heterocycles. The molecule has 0 radical (unpaired) electrons. The van der Waals surface area contributed by atoms with Crippen LogP contribution in [0.5, 0.6) is 0 Å². The van der Waals surface area contributed by atoms with E-state index in [4.69, 9.17) is 5.11 Å². The van der Waals surface area contributed by atoms with Gasteiger partial charge in [0.15, 0.2) is 0 Å². The number of hydrogen-bond acceptors (Lipinski definition) is 3. The molecule has 0 saturated heterocycles. The molecule has 0 fully saturated rings. The Bertz CT molecular complexity index is 340. The van der Waals surface area contributed by atoms with Gasteiger partial charge in [0.05, 0.1) is 6.61 Å². The van der Waals surface area contributed by atoms with Crippen LogP contribution in [0.3, 0.4) is 0 Å². The maximum absolute atomic E-state index is 9.03. The molecule has 0 bridgehead atoms. The van der Waals surface area contributed by atoms with Gasteiger partial charge in [-0.15, -0.1) is 0 Å². The van der Waals surface area contributed by atoms with Gasteiger partial charge in [-0.25, -0.2) is 0 Å². The lowest BCUT2D eigenvalue weighted by Gasteiger charge is -2.27. The van der Waals surface area contributed by atoms with Crippen molar-refractivity contribution in [2.75, 3.05) is 26.7 Å². The maximum atomic E-state index is 9.03. The highest BCUT2D eigenvalue weighted by Crippen LogP contribution is 2.27. The average molecular weight is 220 g/mol. The van der Waals surface area contributed by atoms with Gasteiger partial charge in [0.25, 0.3) is 0 Å². The zero-order valence-electron chi connectivity index (χ0n) is 9.82. The van der Waals surface area contributed by atoms with E-state index in [0.717, 1.165) is 26.1 Å². The molecule has 1 aliphatic heterocycles. The van der Waals surface area contributed by atoms with E-state index in [1.165, 1.54) is 11.1 Å². The molecule has 1 aliphatic rings. The summed E-state index contributed by atoms with van der Waals surface area (Å²) in [5.41, 5.74) is 2.79. The van der Waals surface area contributed by atoms with E-state index in [2.05, 4.69) is 41.5 Å². The summed E-state index contributed by atoms with van der Waals surface area (Å²) < 4.78 is 0. The molecule has 2 rings (SSSR count). The molecule has 2 N–H and O–H groups in total. The molecule has 1 unspecified atom stereocenters. The second-order valence-electron chi connectivity index (χ2n) is 4.38. The third kappa shape index (κ3) is 2.43. The predicted molar refractivity (Wildman–Crippen MR) is 65.2 cm³/mol. The molecule has 88 valence electrons. The summed E-state index contributed by atoms with van der Waals surface area (Å²) in [5, 5.41) is 12.5. The molecule has 1 atom stereocenters. The van der Waals surface area contributed by atoms with Crippen LogP contribution in [0.15, 0.2) is 24.3 Å². The number of aliphatic hydroxyl groups excluding tert-OH is 1. The van der Waals surface area contributed by atoms with E-state index in [1.807, 2.05) is 0 Å². The summed E-state index contributed by atoms with van der Waals surface area (Å²) >= 11 is 0. The number of rotatable bonds is 3. The first-order chi connectivity index (χ1) is 7.83. The predicted octanol–water partition coefficient (Wildman–Crippen LogP) is 1.15. The molecule has 0 spiro atoms. The molecule has 0 amide bonds. The lowest BCUT2D eigenvalue weighted by atomic mass is 9.98. The van der Waals surface area contributed by atoms with Crippen LogP contribution in [0.1, 0.15) is 23.6 Å². The minimum absolute atomic E-state index is 0.225. The fourth-order valence-electron chi connectivity index (χ4n) is 2.41. The van der Waals surface area contributed by atoms with Crippen molar-refractivity contribution in [1.29, 1.82) is 0 Å². The van der Waals surface area contributed by atoms with Gasteiger partial charge in [0, 0.05) is 19.1 Å². The third-order valence-corrected chi connectivity index (χ3v) is 3.31. The minimum atomic E-state index is 0.225. The van der Waals surface area contributed by atoms with Crippen molar-refractivity contribution < 1.29 is 5.11 Å². The number of benzene rings is 1. The van der Waals surface area contributed by atoms with E-state index in [1.54, 1.807) is 0 Å². The van der Waals surface area contributed by atoms with Crippen LogP contribution in [0.2, 0.25) is 0 Å². The number of fused-ring (bicyclic) bond motifs is 1. The van der Waals surface area contributed by atoms with Gasteiger partial charge in [-0.3, -0.25) is 4.90 Å². The van der Waals surface area contributed by atoms with Gasteiger partial charge in [0.1, 0.15) is 0 Å². The Kier molecular flexibility index (Phi) is 3.93. The van der Waals surface area contributed by atoms with Crippen LogP contribution >= 0.6 is 0 Å². The number of aliphatic hydroxyl groups is 1. The molecule has 1 aromatic carbocycles. The second kappa shape index (κ2) is 5.43. The minimum Gasteiger partial charge on any atom is -0.395 e. The standard InChI is InChI=1S/C13H20N2O/c1-15(8-9-16)13-6-7-14-10-11-4-2-3-5-12(11)13/h2-5,13-14,16H,6-10H2,1H3. The maximum Gasteiger partial charge on any atom is 0.0558 e. The molecule has 0 aliphatic carbocycles. The van der Waals surface area contributed by atoms with Crippen LogP contribution in [-0.4, -0.2) is 36.8 Å². The molecular weight excluding hydrogens is 200 g/mol. The zero-order valence-corrected chi connectivity index (χ0v) is 9.82. The van der Waals surface area contributed by atoms with E-state index in [0.29, 0.717) is 6.04 Å². The fourth-order valence-corrected chi connectivity index (χ4v) is 2.41. The lowest BCUT2D eigenvalue weighted by molar-refractivity contribution is 0.175. The Morgan fingerprint density at radius 3 is 3.06 bits per heavy atom. The summed E-state index contributed by atoms with van der Waals surface area (Å²) in [6.45, 7) is 2.95. The van der Waals surface area contributed by atoms with Crippen molar-refractivity contribution in [2.45, 2.75) is 19.0 Å². The summed E-state index contributed by atoms with van der Waals surface area (Å²) in [7, 11) is 2.09. The van der Waals surface area contributed by atoms with Gasteiger partial charge < -0.3 is 10.4 Å². The number of nitrogens with one attached hydrogen (secondary N) is 1. The number of likely N-dealkylation sites (N-methyl/N-ethyl adjacent to an activating group) is 1. The van der Waals surface area contributed by atoms with Crippen molar-refractivity contribution in [3.63, 3.8) is 0 Å². The highest BCUT2D eigenvalue weighted by molar-refractivity contribution is 5.31. The fraction of sp³-hybridized carbons (Fsp3) is 0.538. The monoisotopic (exact) mass is 220 g/mol. The van der Waals surface area contributed by atoms with Crippen molar-refractivity contribution in [3.05, 3.63) is 35.4 Å². The Morgan fingerprint density at radius 1 is 1.44 bits per heavy atom. The lowest BCUT2D eigenvalue weighted by Crippen LogP contribution is -2.28. The highest BCUT2D eigenvalue weighted by Gasteiger charge is 2.21. The van der Waals surface area contributed by atoms with Crippen molar-refractivity contribution in [1.82, 2.24) is 10.2 Å². The first kappa shape index (κ1) is 11.6. The quantitative estimate of drug-likeness (QED) is 0.802. The number of nitrogens with zero attached hydrogens (tertiary/aromatic N) is 1. The topological polar surface area (TPSA) is 35.5 Å².